The van der Waals surface area contributed by atoms with E-state index < -0.39 is 0 Å². The fourth-order valence-electron chi connectivity index (χ4n) is 1.75. The molecule has 0 bridgehead atoms. The molecule has 0 atom stereocenters. The monoisotopic (exact) mass is 298 g/mol. The van der Waals surface area contributed by atoms with E-state index in [4.69, 9.17) is 9.47 Å². The number of hydrogen-bond acceptors (Lipinski definition) is 4. The molecule has 1 amide bonds. The molecule has 0 heterocycles. The van der Waals surface area contributed by atoms with Crippen molar-refractivity contribution in [1.29, 1.82) is 0 Å². The molecule has 0 spiro atoms. The predicted molar refractivity (Wildman–Crippen MR) is 78.9 cm³/mol. The lowest BCUT2D eigenvalue weighted by Crippen LogP contribution is -2.37. The third-order valence-electron chi connectivity index (χ3n) is 2.81. The largest absolute Gasteiger partial charge is 0.492 e. The van der Waals surface area contributed by atoms with E-state index in [1.165, 1.54) is 12.1 Å². The molecule has 0 aliphatic heterocycles. The van der Waals surface area contributed by atoms with Crippen LogP contribution in [0.5, 0.6) is 5.75 Å². The molecule has 0 saturated heterocycles. The summed E-state index contributed by atoms with van der Waals surface area (Å²) < 4.78 is 23.0. The van der Waals surface area contributed by atoms with Crippen molar-refractivity contribution in [3.05, 3.63) is 30.1 Å². The predicted octanol–water partition coefficient (Wildman–Crippen LogP) is 1.29. The molecule has 0 saturated carbocycles. The van der Waals surface area contributed by atoms with Crippen LogP contribution in [0.25, 0.3) is 0 Å². The van der Waals surface area contributed by atoms with E-state index in [9.17, 15) is 9.18 Å². The van der Waals surface area contributed by atoms with Gasteiger partial charge < -0.3 is 14.8 Å². The highest BCUT2D eigenvalue weighted by molar-refractivity contribution is 5.77. The number of nitrogens with zero attached hydrogens (tertiary/aromatic N) is 1. The number of carbonyl (C=O) groups is 1. The van der Waals surface area contributed by atoms with Gasteiger partial charge >= 0.3 is 0 Å². The van der Waals surface area contributed by atoms with E-state index in [-0.39, 0.29) is 11.7 Å². The molecule has 0 fully saturated rings. The van der Waals surface area contributed by atoms with E-state index in [2.05, 4.69) is 5.32 Å². The Hall–Kier alpha value is -1.66. The average Bonchev–Trinajstić information content (AvgIpc) is 2.46. The number of hydrogen-bond donors (Lipinski definition) is 1. The van der Waals surface area contributed by atoms with Gasteiger partial charge in [-0.25, -0.2) is 4.39 Å². The third kappa shape index (κ3) is 8.27. The highest BCUT2D eigenvalue weighted by Crippen LogP contribution is 2.10. The second-order valence-corrected chi connectivity index (χ2v) is 4.74. The molecule has 1 N–H and O–H groups in total. The summed E-state index contributed by atoms with van der Waals surface area (Å²) in [6.45, 7) is 2.62. The van der Waals surface area contributed by atoms with Gasteiger partial charge in [-0.1, -0.05) is 0 Å². The second kappa shape index (κ2) is 10.1. The summed E-state index contributed by atoms with van der Waals surface area (Å²) in [7, 11) is 3.55. The first kappa shape index (κ1) is 17.4. The van der Waals surface area contributed by atoms with Crippen LogP contribution >= 0.6 is 0 Å². The molecule has 0 aromatic heterocycles. The smallest absolute Gasteiger partial charge is 0.234 e. The van der Waals surface area contributed by atoms with Crippen molar-refractivity contribution in [2.45, 2.75) is 6.42 Å². The molecule has 118 valence electrons. The van der Waals surface area contributed by atoms with Crippen LogP contribution in [0.2, 0.25) is 0 Å². The maximum Gasteiger partial charge on any atom is 0.234 e. The lowest BCUT2D eigenvalue weighted by atomic mass is 10.3. The zero-order valence-electron chi connectivity index (χ0n) is 12.6. The van der Waals surface area contributed by atoms with Crippen molar-refractivity contribution >= 4 is 5.91 Å². The average molecular weight is 298 g/mol. The molecule has 6 heteroatoms. The molecule has 1 rings (SSSR count). The van der Waals surface area contributed by atoms with Crippen molar-refractivity contribution in [2.75, 3.05) is 47.0 Å². The van der Waals surface area contributed by atoms with E-state index >= 15 is 0 Å². The summed E-state index contributed by atoms with van der Waals surface area (Å²) in [5, 5.41) is 2.77. The van der Waals surface area contributed by atoms with Crippen LogP contribution < -0.4 is 10.1 Å². The number of halogens is 1. The molecule has 0 aliphatic carbocycles. The Kier molecular flexibility index (Phi) is 8.38. The lowest BCUT2D eigenvalue weighted by molar-refractivity contribution is -0.122. The fourth-order valence-corrected chi connectivity index (χ4v) is 1.75. The summed E-state index contributed by atoms with van der Waals surface area (Å²) in [6, 6.07) is 5.78. The molecular formula is C15H23FN2O3. The van der Waals surface area contributed by atoms with Crippen LogP contribution in [0.1, 0.15) is 6.42 Å². The van der Waals surface area contributed by atoms with Gasteiger partial charge in [-0.3, -0.25) is 9.69 Å². The summed E-state index contributed by atoms with van der Waals surface area (Å²) >= 11 is 0. The quantitative estimate of drug-likeness (QED) is 0.661. The number of benzene rings is 1. The van der Waals surface area contributed by atoms with E-state index in [1.54, 1.807) is 19.2 Å². The van der Waals surface area contributed by atoms with Gasteiger partial charge in [-0.2, -0.15) is 0 Å². The first-order chi connectivity index (χ1) is 10.1. The summed E-state index contributed by atoms with van der Waals surface area (Å²) in [4.78, 5) is 13.6. The Morgan fingerprint density at radius 1 is 1.29 bits per heavy atom. The number of carbonyl (C=O) groups excluding carboxylic acids is 1. The summed E-state index contributed by atoms with van der Waals surface area (Å²) in [6.07, 6.45) is 0.897. The normalized spacial score (nSPS) is 10.7. The molecule has 21 heavy (non-hydrogen) atoms. The molecule has 5 nitrogen and oxygen atoms in total. The Bertz CT molecular complexity index is 412. The standard InChI is InChI=1S/C15H23FN2O3/c1-18(9-3-10-20-2)12-15(19)17-8-11-21-14-6-4-13(16)5-7-14/h4-7H,3,8-12H2,1-2H3,(H,17,19). The number of methoxy groups -OCH3 is 1. The van der Waals surface area contributed by atoms with Gasteiger partial charge in [0.2, 0.25) is 5.91 Å². The Morgan fingerprint density at radius 2 is 2.00 bits per heavy atom. The SMILES string of the molecule is COCCCN(C)CC(=O)NCCOc1ccc(F)cc1. The molecule has 0 aliphatic rings. The Morgan fingerprint density at radius 3 is 2.67 bits per heavy atom. The van der Waals surface area contributed by atoms with Gasteiger partial charge in [0.15, 0.2) is 0 Å². The maximum atomic E-state index is 12.7. The highest BCUT2D eigenvalue weighted by atomic mass is 19.1. The Balaban J connectivity index is 2.08. The molecular weight excluding hydrogens is 275 g/mol. The van der Waals surface area contributed by atoms with Crippen LogP contribution in [-0.4, -0.2) is 57.8 Å². The topological polar surface area (TPSA) is 50.8 Å². The minimum Gasteiger partial charge on any atom is -0.492 e. The van der Waals surface area contributed by atoms with Gasteiger partial charge in [0.05, 0.1) is 13.1 Å². The minimum atomic E-state index is -0.299. The first-order valence-corrected chi connectivity index (χ1v) is 6.94. The lowest BCUT2D eigenvalue weighted by Gasteiger charge is -2.16. The van der Waals surface area contributed by atoms with Gasteiger partial charge in [-0.15, -0.1) is 0 Å². The number of likely N-dealkylation sites (N-methyl/N-ethyl adjacent to an activating group) is 1. The third-order valence-corrected chi connectivity index (χ3v) is 2.81. The summed E-state index contributed by atoms with van der Waals surface area (Å²) in [5.41, 5.74) is 0. The van der Waals surface area contributed by atoms with Crippen LogP contribution in [0, 0.1) is 5.82 Å². The zero-order chi connectivity index (χ0) is 15.5. The number of ether oxygens (including phenoxy) is 2. The Labute approximate surface area is 125 Å². The second-order valence-electron chi connectivity index (χ2n) is 4.74. The number of rotatable bonds is 10. The van der Waals surface area contributed by atoms with Crippen molar-refractivity contribution in [2.24, 2.45) is 0 Å². The van der Waals surface area contributed by atoms with Gasteiger partial charge in [0.25, 0.3) is 0 Å². The number of amides is 1. The van der Waals surface area contributed by atoms with E-state index in [0.717, 1.165) is 13.0 Å². The van der Waals surface area contributed by atoms with Crippen LogP contribution in [0.15, 0.2) is 24.3 Å². The van der Waals surface area contributed by atoms with Crippen LogP contribution in [0.4, 0.5) is 4.39 Å². The highest BCUT2D eigenvalue weighted by Gasteiger charge is 2.05. The van der Waals surface area contributed by atoms with Gasteiger partial charge in [-0.05, 0) is 37.7 Å². The molecule has 0 unspecified atom stereocenters. The molecule has 1 aromatic carbocycles. The van der Waals surface area contributed by atoms with Crippen molar-refractivity contribution in [3.8, 4) is 5.75 Å². The van der Waals surface area contributed by atoms with Gasteiger partial charge in [0, 0.05) is 20.3 Å². The van der Waals surface area contributed by atoms with Crippen molar-refractivity contribution < 1.29 is 18.7 Å². The van der Waals surface area contributed by atoms with E-state index in [0.29, 0.717) is 32.1 Å². The van der Waals surface area contributed by atoms with Crippen LogP contribution in [-0.2, 0) is 9.53 Å². The summed E-state index contributed by atoms with van der Waals surface area (Å²) in [5.74, 6) is 0.243. The molecule has 0 radical (unpaired) electrons. The van der Waals surface area contributed by atoms with E-state index in [1.807, 2.05) is 11.9 Å². The molecule has 1 aromatic rings. The first-order valence-electron chi connectivity index (χ1n) is 6.94. The van der Waals surface area contributed by atoms with Gasteiger partial charge in [0.1, 0.15) is 18.2 Å². The maximum absolute atomic E-state index is 12.7. The van der Waals surface area contributed by atoms with Crippen molar-refractivity contribution in [3.63, 3.8) is 0 Å². The van der Waals surface area contributed by atoms with Crippen LogP contribution in [0.3, 0.4) is 0 Å². The zero-order valence-corrected chi connectivity index (χ0v) is 12.6. The fraction of sp³-hybridized carbons (Fsp3) is 0.533. The number of nitrogens with one attached hydrogen (secondary N) is 1. The van der Waals surface area contributed by atoms with Crippen molar-refractivity contribution in [1.82, 2.24) is 10.2 Å². The minimum absolute atomic E-state index is 0.0439.